The number of nitro benzene ring substituents is 1. The molecule has 2 aromatic rings. The van der Waals surface area contributed by atoms with E-state index in [1.807, 2.05) is 32.0 Å². The second kappa shape index (κ2) is 7.51. The maximum Gasteiger partial charge on any atom is 0.311 e. The van der Waals surface area contributed by atoms with Crippen LogP contribution in [0, 0.1) is 24.0 Å². The number of hydrogen-bond donors (Lipinski definition) is 3. The Kier molecular flexibility index (Phi) is 5.43. The van der Waals surface area contributed by atoms with Crippen LogP contribution in [0.3, 0.4) is 0 Å². The molecule has 2 aromatic carbocycles. The van der Waals surface area contributed by atoms with E-state index in [2.05, 4.69) is 15.8 Å². The molecule has 0 bridgehead atoms. The number of phenolic OH excluding ortho intramolecular Hbond substituents is 1. The number of para-hydroxylation sites is 1. The van der Waals surface area contributed by atoms with Crippen LogP contribution in [-0.2, 0) is 0 Å². The zero-order chi connectivity index (χ0) is 17.7. The van der Waals surface area contributed by atoms with Crippen LogP contribution < -0.4 is 10.7 Å². The molecular weight excluding hydrogens is 328 g/mol. The number of nitro groups is 1. The van der Waals surface area contributed by atoms with Gasteiger partial charge in [-0.25, -0.2) is 0 Å². The molecule has 2 rings (SSSR count). The predicted molar refractivity (Wildman–Crippen MR) is 97.6 cm³/mol. The number of nitrogens with one attached hydrogen (secondary N) is 2. The Labute approximate surface area is 144 Å². The van der Waals surface area contributed by atoms with E-state index in [0.717, 1.165) is 16.8 Å². The SMILES string of the molecule is Cc1cccc(C)c1NC(=S)N/N=C\c1ccc(O)c([N+](=O)[O-])c1. The highest BCUT2D eigenvalue weighted by atomic mass is 32.1. The summed E-state index contributed by atoms with van der Waals surface area (Å²) in [5, 5.41) is 27.5. The monoisotopic (exact) mass is 344 g/mol. The number of phenols is 1. The third kappa shape index (κ3) is 4.26. The fourth-order valence-corrected chi connectivity index (χ4v) is 2.24. The minimum Gasteiger partial charge on any atom is -0.502 e. The van der Waals surface area contributed by atoms with E-state index in [0.29, 0.717) is 10.7 Å². The molecule has 124 valence electrons. The van der Waals surface area contributed by atoms with Gasteiger partial charge in [0.2, 0.25) is 0 Å². The zero-order valence-corrected chi connectivity index (χ0v) is 13.9. The van der Waals surface area contributed by atoms with E-state index < -0.39 is 10.7 Å². The molecule has 0 heterocycles. The molecule has 0 fully saturated rings. The van der Waals surface area contributed by atoms with Crippen molar-refractivity contribution in [1.82, 2.24) is 5.43 Å². The number of nitrogens with zero attached hydrogens (tertiary/aromatic N) is 2. The van der Waals surface area contributed by atoms with Crippen LogP contribution in [0.25, 0.3) is 0 Å². The maximum atomic E-state index is 10.8. The molecular formula is C16H16N4O3S. The maximum absolute atomic E-state index is 10.8. The lowest BCUT2D eigenvalue weighted by Gasteiger charge is -2.12. The molecule has 0 aliphatic heterocycles. The van der Waals surface area contributed by atoms with Crippen molar-refractivity contribution in [2.75, 3.05) is 5.32 Å². The van der Waals surface area contributed by atoms with Gasteiger partial charge in [0.15, 0.2) is 10.9 Å². The fourth-order valence-electron chi connectivity index (χ4n) is 2.09. The van der Waals surface area contributed by atoms with Crippen molar-refractivity contribution in [2.45, 2.75) is 13.8 Å². The summed E-state index contributed by atoms with van der Waals surface area (Å²) < 4.78 is 0. The van der Waals surface area contributed by atoms with Gasteiger partial charge in [-0.15, -0.1) is 0 Å². The molecule has 0 spiro atoms. The van der Waals surface area contributed by atoms with Gasteiger partial charge in [-0.3, -0.25) is 15.5 Å². The lowest BCUT2D eigenvalue weighted by molar-refractivity contribution is -0.385. The summed E-state index contributed by atoms with van der Waals surface area (Å²) in [4.78, 5) is 10.1. The number of thiocarbonyl (C=S) groups is 1. The molecule has 0 aliphatic carbocycles. The standard InChI is InChI=1S/C16H16N4O3S/c1-10-4-3-5-11(2)15(10)18-16(24)19-17-9-12-6-7-14(21)13(8-12)20(22)23/h3-9,21H,1-2H3,(H2,18,19,24)/b17-9-. The Morgan fingerprint density at radius 1 is 1.29 bits per heavy atom. The summed E-state index contributed by atoms with van der Waals surface area (Å²) in [6.07, 6.45) is 1.38. The Bertz CT molecular complexity index is 801. The molecule has 0 unspecified atom stereocenters. The van der Waals surface area contributed by atoms with E-state index in [1.54, 1.807) is 0 Å². The van der Waals surface area contributed by atoms with Gasteiger partial charge in [-0.05, 0) is 49.3 Å². The second-order valence-corrected chi connectivity index (χ2v) is 5.50. The molecule has 24 heavy (non-hydrogen) atoms. The van der Waals surface area contributed by atoms with Gasteiger partial charge in [0.05, 0.1) is 11.1 Å². The smallest absolute Gasteiger partial charge is 0.311 e. The number of benzene rings is 2. The highest BCUT2D eigenvalue weighted by Crippen LogP contribution is 2.25. The van der Waals surface area contributed by atoms with Crippen LogP contribution in [0.2, 0.25) is 0 Å². The lowest BCUT2D eigenvalue weighted by Crippen LogP contribution is -2.24. The molecule has 0 amide bonds. The van der Waals surface area contributed by atoms with Crippen molar-refractivity contribution in [3.8, 4) is 5.75 Å². The molecule has 0 saturated heterocycles. The van der Waals surface area contributed by atoms with Crippen LogP contribution in [0.5, 0.6) is 5.75 Å². The molecule has 0 aliphatic rings. The summed E-state index contributed by atoms with van der Waals surface area (Å²) in [6.45, 7) is 3.94. The summed E-state index contributed by atoms with van der Waals surface area (Å²) in [5.74, 6) is -0.391. The normalized spacial score (nSPS) is 10.6. The average Bonchev–Trinajstić information content (AvgIpc) is 2.52. The van der Waals surface area contributed by atoms with Crippen molar-refractivity contribution in [3.63, 3.8) is 0 Å². The molecule has 8 heteroatoms. The van der Waals surface area contributed by atoms with Gasteiger partial charge in [-0.2, -0.15) is 5.10 Å². The van der Waals surface area contributed by atoms with Crippen molar-refractivity contribution in [3.05, 3.63) is 63.2 Å². The highest BCUT2D eigenvalue weighted by Gasteiger charge is 2.12. The first-order valence-electron chi connectivity index (χ1n) is 7.02. The van der Waals surface area contributed by atoms with Crippen molar-refractivity contribution >= 4 is 34.9 Å². The van der Waals surface area contributed by atoms with Gasteiger partial charge in [-0.1, -0.05) is 18.2 Å². The van der Waals surface area contributed by atoms with Gasteiger partial charge >= 0.3 is 5.69 Å². The number of hydrazone groups is 1. The van der Waals surface area contributed by atoms with Crippen LogP contribution in [-0.4, -0.2) is 21.4 Å². The second-order valence-electron chi connectivity index (χ2n) is 5.10. The number of rotatable bonds is 4. The first kappa shape index (κ1) is 17.4. The fraction of sp³-hybridized carbons (Fsp3) is 0.125. The topological polar surface area (TPSA) is 99.8 Å². The van der Waals surface area contributed by atoms with E-state index in [1.165, 1.54) is 24.4 Å². The molecule has 0 saturated carbocycles. The van der Waals surface area contributed by atoms with Gasteiger partial charge in [0.25, 0.3) is 0 Å². The number of aromatic hydroxyl groups is 1. The summed E-state index contributed by atoms with van der Waals surface area (Å²) >= 11 is 5.17. The highest BCUT2D eigenvalue weighted by molar-refractivity contribution is 7.80. The van der Waals surface area contributed by atoms with Crippen LogP contribution in [0.15, 0.2) is 41.5 Å². The largest absolute Gasteiger partial charge is 0.502 e. The Balaban J connectivity index is 2.03. The van der Waals surface area contributed by atoms with Crippen LogP contribution in [0.4, 0.5) is 11.4 Å². The van der Waals surface area contributed by atoms with Gasteiger partial charge < -0.3 is 10.4 Å². The average molecular weight is 344 g/mol. The first-order chi connectivity index (χ1) is 11.4. The third-order valence-corrected chi connectivity index (χ3v) is 3.49. The Morgan fingerprint density at radius 3 is 2.58 bits per heavy atom. The number of hydrogen-bond acceptors (Lipinski definition) is 5. The van der Waals surface area contributed by atoms with Crippen molar-refractivity contribution in [2.24, 2.45) is 5.10 Å². The van der Waals surface area contributed by atoms with Crippen molar-refractivity contribution < 1.29 is 10.0 Å². The summed E-state index contributed by atoms with van der Waals surface area (Å²) in [5.41, 5.74) is 5.75. The molecule has 0 atom stereocenters. The Hall–Kier alpha value is -3.00. The number of aryl methyl sites for hydroxylation is 2. The van der Waals surface area contributed by atoms with Gasteiger partial charge in [0, 0.05) is 17.3 Å². The quantitative estimate of drug-likeness (QED) is 0.341. The van der Waals surface area contributed by atoms with Crippen LogP contribution >= 0.6 is 12.2 Å². The molecule has 0 radical (unpaired) electrons. The zero-order valence-electron chi connectivity index (χ0n) is 13.1. The minimum atomic E-state index is -0.659. The lowest BCUT2D eigenvalue weighted by atomic mass is 10.1. The van der Waals surface area contributed by atoms with E-state index in [-0.39, 0.29) is 5.69 Å². The van der Waals surface area contributed by atoms with Crippen molar-refractivity contribution in [1.29, 1.82) is 0 Å². The van der Waals surface area contributed by atoms with E-state index >= 15 is 0 Å². The number of anilines is 1. The summed E-state index contributed by atoms with van der Waals surface area (Å²) in [7, 11) is 0. The van der Waals surface area contributed by atoms with Gasteiger partial charge in [0.1, 0.15) is 0 Å². The summed E-state index contributed by atoms with van der Waals surface area (Å²) in [6, 6.07) is 9.88. The van der Waals surface area contributed by atoms with E-state index in [9.17, 15) is 15.2 Å². The molecule has 7 nitrogen and oxygen atoms in total. The Morgan fingerprint density at radius 2 is 1.96 bits per heavy atom. The molecule has 0 aromatic heterocycles. The third-order valence-electron chi connectivity index (χ3n) is 3.30. The minimum absolute atomic E-state index is 0.303. The van der Waals surface area contributed by atoms with E-state index in [4.69, 9.17) is 12.2 Å². The molecule has 3 N–H and O–H groups in total. The van der Waals surface area contributed by atoms with Crippen LogP contribution in [0.1, 0.15) is 16.7 Å². The predicted octanol–water partition coefficient (Wildman–Crippen LogP) is 3.24. The first-order valence-corrected chi connectivity index (χ1v) is 7.43.